The van der Waals surface area contributed by atoms with Crippen molar-refractivity contribution in [2.75, 3.05) is 0 Å². The second-order valence-corrected chi connectivity index (χ2v) is 5.92. The Balaban J connectivity index is 2.07. The lowest BCUT2D eigenvalue weighted by Gasteiger charge is -2.29. The number of carbonyl (C=O) groups excluding carboxylic acids is 1. The van der Waals surface area contributed by atoms with Gasteiger partial charge in [0.05, 0.1) is 12.0 Å². The normalized spacial score (nSPS) is 26.1. The predicted octanol–water partition coefficient (Wildman–Crippen LogP) is 2.44. The van der Waals surface area contributed by atoms with Gasteiger partial charge in [-0.05, 0) is 43.4 Å². The molecule has 2 aliphatic rings. The van der Waals surface area contributed by atoms with Gasteiger partial charge in [-0.15, -0.1) is 0 Å². The molecule has 106 valence electrons. The highest BCUT2D eigenvalue weighted by molar-refractivity contribution is 5.88. The van der Waals surface area contributed by atoms with Crippen LogP contribution in [0.15, 0.2) is 18.2 Å². The zero-order valence-electron chi connectivity index (χ0n) is 11.8. The predicted molar refractivity (Wildman–Crippen MR) is 74.3 cm³/mol. The molecule has 1 amide bonds. The Bertz CT molecular complexity index is 577. The molecule has 3 rings (SSSR count). The summed E-state index contributed by atoms with van der Waals surface area (Å²) >= 11 is 0. The highest BCUT2D eigenvalue weighted by Gasteiger charge is 2.50. The van der Waals surface area contributed by atoms with E-state index in [-0.39, 0.29) is 24.4 Å². The Morgan fingerprint density at radius 2 is 2.00 bits per heavy atom. The number of carboxylic acids is 1. The summed E-state index contributed by atoms with van der Waals surface area (Å²) in [6.45, 7) is 4.03. The van der Waals surface area contributed by atoms with Crippen molar-refractivity contribution in [3.8, 4) is 0 Å². The van der Waals surface area contributed by atoms with E-state index in [4.69, 9.17) is 0 Å². The minimum atomic E-state index is -0.868. The lowest BCUT2D eigenvalue weighted by molar-refractivity contribution is -0.142. The van der Waals surface area contributed by atoms with Gasteiger partial charge >= 0.3 is 5.97 Å². The summed E-state index contributed by atoms with van der Waals surface area (Å²) < 4.78 is 0. The SMILES string of the molecule is Cc1cccc(C2C(C(=O)O)CC(=O)N2C2CC2)c1C. The van der Waals surface area contributed by atoms with Crippen LogP contribution in [0.5, 0.6) is 0 Å². The number of hydrogen-bond acceptors (Lipinski definition) is 2. The number of rotatable bonds is 3. The molecule has 1 heterocycles. The molecular formula is C16H19NO3. The van der Waals surface area contributed by atoms with Gasteiger partial charge in [-0.3, -0.25) is 9.59 Å². The fourth-order valence-electron chi connectivity index (χ4n) is 3.22. The number of likely N-dealkylation sites (tertiary alicyclic amines) is 1. The molecule has 0 bridgehead atoms. The average Bonchev–Trinajstić information content (AvgIpc) is 3.16. The summed E-state index contributed by atoms with van der Waals surface area (Å²) in [5.74, 6) is -1.50. The van der Waals surface area contributed by atoms with Crippen molar-refractivity contribution in [3.63, 3.8) is 0 Å². The van der Waals surface area contributed by atoms with Gasteiger partial charge in [-0.25, -0.2) is 0 Å². The lowest BCUT2D eigenvalue weighted by Crippen LogP contribution is -2.33. The number of hydrogen-bond donors (Lipinski definition) is 1. The minimum Gasteiger partial charge on any atom is -0.481 e. The third-order valence-corrected chi connectivity index (χ3v) is 4.59. The Morgan fingerprint density at radius 3 is 2.60 bits per heavy atom. The quantitative estimate of drug-likeness (QED) is 0.920. The number of carboxylic acid groups (broad SMARTS) is 1. The highest BCUT2D eigenvalue weighted by atomic mass is 16.4. The molecule has 1 aromatic rings. The molecule has 4 heteroatoms. The van der Waals surface area contributed by atoms with Crippen LogP contribution < -0.4 is 0 Å². The molecule has 1 saturated heterocycles. The second kappa shape index (κ2) is 4.62. The van der Waals surface area contributed by atoms with Crippen LogP contribution in [-0.2, 0) is 9.59 Å². The highest BCUT2D eigenvalue weighted by Crippen LogP contribution is 2.46. The second-order valence-electron chi connectivity index (χ2n) is 5.92. The van der Waals surface area contributed by atoms with E-state index in [1.807, 2.05) is 36.9 Å². The van der Waals surface area contributed by atoms with Crippen LogP contribution in [0.25, 0.3) is 0 Å². The first-order valence-electron chi connectivity index (χ1n) is 7.10. The van der Waals surface area contributed by atoms with Crippen molar-refractivity contribution in [1.29, 1.82) is 0 Å². The van der Waals surface area contributed by atoms with Gasteiger partial charge in [-0.1, -0.05) is 18.2 Å². The molecule has 0 radical (unpaired) electrons. The largest absolute Gasteiger partial charge is 0.481 e. The van der Waals surface area contributed by atoms with Crippen molar-refractivity contribution in [2.45, 2.75) is 45.2 Å². The molecule has 1 saturated carbocycles. The third-order valence-electron chi connectivity index (χ3n) is 4.59. The van der Waals surface area contributed by atoms with E-state index in [1.165, 1.54) is 0 Å². The molecule has 1 aliphatic heterocycles. The van der Waals surface area contributed by atoms with Gasteiger partial charge in [0.25, 0.3) is 0 Å². The van der Waals surface area contributed by atoms with Crippen LogP contribution in [0.1, 0.15) is 42.0 Å². The van der Waals surface area contributed by atoms with E-state index in [1.54, 1.807) is 0 Å². The molecule has 0 spiro atoms. The molecule has 2 fully saturated rings. The fourth-order valence-corrected chi connectivity index (χ4v) is 3.22. The van der Waals surface area contributed by atoms with Gasteiger partial charge in [-0.2, -0.15) is 0 Å². The molecule has 4 nitrogen and oxygen atoms in total. The van der Waals surface area contributed by atoms with E-state index in [0.29, 0.717) is 0 Å². The molecule has 2 atom stereocenters. The maximum Gasteiger partial charge on any atom is 0.309 e. The molecule has 1 aliphatic carbocycles. The van der Waals surface area contributed by atoms with Gasteiger partial charge < -0.3 is 10.0 Å². The Hall–Kier alpha value is -1.84. The first-order valence-corrected chi connectivity index (χ1v) is 7.10. The van der Waals surface area contributed by atoms with Crippen LogP contribution in [0.2, 0.25) is 0 Å². The lowest BCUT2D eigenvalue weighted by atomic mass is 9.89. The van der Waals surface area contributed by atoms with Crippen molar-refractivity contribution >= 4 is 11.9 Å². The summed E-state index contributed by atoms with van der Waals surface area (Å²) in [6.07, 6.45) is 2.13. The Labute approximate surface area is 118 Å². The third kappa shape index (κ3) is 1.99. The smallest absolute Gasteiger partial charge is 0.309 e. The fraction of sp³-hybridized carbons (Fsp3) is 0.500. The summed E-state index contributed by atoms with van der Waals surface area (Å²) in [4.78, 5) is 25.6. The Morgan fingerprint density at radius 1 is 1.30 bits per heavy atom. The van der Waals surface area contributed by atoms with Crippen LogP contribution in [0.3, 0.4) is 0 Å². The van der Waals surface area contributed by atoms with Crippen molar-refractivity contribution in [2.24, 2.45) is 5.92 Å². The molecule has 1 N–H and O–H groups in total. The van der Waals surface area contributed by atoms with Crippen LogP contribution in [0, 0.1) is 19.8 Å². The zero-order chi connectivity index (χ0) is 14.4. The summed E-state index contributed by atoms with van der Waals surface area (Å²) in [6, 6.07) is 5.89. The number of amides is 1. The standard InChI is InChI=1S/C16H19NO3/c1-9-4-3-5-12(10(9)2)15-13(16(19)20)8-14(18)17(15)11-6-7-11/h3-5,11,13,15H,6-8H2,1-2H3,(H,19,20). The average molecular weight is 273 g/mol. The van der Waals surface area contributed by atoms with Crippen molar-refractivity contribution in [1.82, 2.24) is 4.90 Å². The topological polar surface area (TPSA) is 57.6 Å². The van der Waals surface area contributed by atoms with Crippen LogP contribution in [-0.4, -0.2) is 27.9 Å². The first-order chi connectivity index (χ1) is 9.50. The number of benzene rings is 1. The summed E-state index contributed by atoms with van der Waals surface area (Å²) in [5.41, 5.74) is 3.24. The first kappa shape index (κ1) is 13.2. The van der Waals surface area contributed by atoms with Gasteiger partial charge in [0.1, 0.15) is 0 Å². The van der Waals surface area contributed by atoms with Crippen LogP contribution in [0.4, 0.5) is 0 Å². The van der Waals surface area contributed by atoms with Crippen molar-refractivity contribution in [3.05, 3.63) is 34.9 Å². The van der Waals surface area contributed by atoms with E-state index < -0.39 is 11.9 Å². The van der Waals surface area contributed by atoms with E-state index >= 15 is 0 Å². The number of aliphatic carboxylic acids is 1. The van der Waals surface area contributed by atoms with Gasteiger partial charge in [0, 0.05) is 12.5 Å². The van der Waals surface area contributed by atoms with Crippen molar-refractivity contribution < 1.29 is 14.7 Å². The molecule has 20 heavy (non-hydrogen) atoms. The molecular weight excluding hydrogens is 254 g/mol. The molecule has 0 aromatic heterocycles. The van der Waals surface area contributed by atoms with Gasteiger partial charge in [0.15, 0.2) is 0 Å². The molecule has 2 unspecified atom stereocenters. The van der Waals surface area contributed by atoms with Gasteiger partial charge in [0.2, 0.25) is 5.91 Å². The monoisotopic (exact) mass is 273 g/mol. The summed E-state index contributed by atoms with van der Waals surface area (Å²) in [7, 11) is 0. The van der Waals surface area contributed by atoms with Crippen LogP contribution >= 0.6 is 0 Å². The van der Waals surface area contributed by atoms with E-state index in [0.717, 1.165) is 29.5 Å². The number of carbonyl (C=O) groups is 2. The van der Waals surface area contributed by atoms with E-state index in [9.17, 15) is 14.7 Å². The minimum absolute atomic E-state index is 0.00851. The zero-order valence-corrected chi connectivity index (χ0v) is 11.8. The van der Waals surface area contributed by atoms with E-state index in [2.05, 4.69) is 0 Å². The number of aryl methyl sites for hydroxylation is 1. The molecule has 1 aromatic carbocycles. The Kier molecular flexibility index (Phi) is 3.04. The maximum atomic E-state index is 12.2. The number of nitrogens with zero attached hydrogens (tertiary/aromatic N) is 1. The maximum absolute atomic E-state index is 12.2. The summed E-state index contributed by atoms with van der Waals surface area (Å²) in [5, 5.41) is 9.46.